The zero-order valence-corrected chi connectivity index (χ0v) is 9.93. The smallest absolute Gasteiger partial charge is 0.350 e. The maximum atomic E-state index is 11.5. The van der Waals surface area contributed by atoms with Gasteiger partial charge in [-0.2, -0.15) is 0 Å². The lowest BCUT2D eigenvalue weighted by molar-refractivity contribution is 0.0530. The second kappa shape index (κ2) is 4.97. The van der Waals surface area contributed by atoms with Crippen LogP contribution in [0, 0.1) is 6.92 Å². The van der Waals surface area contributed by atoms with Crippen LogP contribution >= 0.6 is 11.3 Å². The molecule has 15 heavy (non-hydrogen) atoms. The molecule has 84 valence electrons. The number of carbonyl (C=O) groups excluding carboxylic acids is 1. The van der Waals surface area contributed by atoms with Crippen molar-refractivity contribution in [3.8, 4) is 0 Å². The molecule has 0 unspecified atom stereocenters. The summed E-state index contributed by atoms with van der Waals surface area (Å²) in [6.45, 7) is 6.46. The van der Waals surface area contributed by atoms with Crippen LogP contribution in [0.1, 0.15) is 29.2 Å². The number of nitrogens with zero attached hydrogens (tertiary/aromatic N) is 2. The monoisotopic (exact) mass is 229 g/mol. The molecule has 0 amide bonds. The maximum absolute atomic E-state index is 11.5. The highest BCUT2D eigenvalue weighted by Crippen LogP contribution is 2.11. The molecular formula is C9H15N3O2S. The van der Waals surface area contributed by atoms with Crippen molar-refractivity contribution < 1.29 is 9.53 Å². The van der Waals surface area contributed by atoms with E-state index in [9.17, 15) is 4.79 Å². The van der Waals surface area contributed by atoms with Gasteiger partial charge in [-0.1, -0.05) is 11.3 Å². The van der Waals surface area contributed by atoms with E-state index in [4.69, 9.17) is 10.6 Å². The topological polar surface area (TPSA) is 69.6 Å². The highest BCUT2D eigenvalue weighted by molar-refractivity contribution is 7.11. The van der Waals surface area contributed by atoms with Gasteiger partial charge in [0.05, 0.1) is 12.3 Å². The van der Waals surface area contributed by atoms with Gasteiger partial charge in [0.1, 0.15) is 4.88 Å². The first kappa shape index (κ1) is 11.8. The Bertz CT molecular complexity index is 419. The average molecular weight is 229 g/mol. The van der Waals surface area contributed by atoms with E-state index in [1.807, 2.05) is 6.92 Å². The van der Waals surface area contributed by atoms with Gasteiger partial charge in [0.15, 0.2) is 0 Å². The Kier molecular flexibility index (Phi) is 3.90. The predicted molar refractivity (Wildman–Crippen MR) is 59.3 cm³/mol. The Morgan fingerprint density at radius 3 is 2.80 bits per heavy atom. The van der Waals surface area contributed by atoms with E-state index in [0.29, 0.717) is 28.5 Å². The first-order chi connectivity index (χ1) is 7.11. The molecule has 2 N–H and O–H groups in total. The fourth-order valence-electron chi connectivity index (χ4n) is 1.10. The highest BCUT2D eigenvalue weighted by Gasteiger charge is 2.16. The van der Waals surface area contributed by atoms with E-state index in [1.54, 1.807) is 13.8 Å². The Hall–Kier alpha value is -1.30. The summed E-state index contributed by atoms with van der Waals surface area (Å²) in [7, 11) is 0. The van der Waals surface area contributed by atoms with Crippen molar-refractivity contribution in [2.24, 2.45) is 4.99 Å². The van der Waals surface area contributed by atoms with Gasteiger partial charge in [0.25, 0.3) is 0 Å². The van der Waals surface area contributed by atoms with Gasteiger partial charge in [-0.25, -0.2) is 9.47 Å². The van der Waals surface area contributed by atoms with Gasteiger partial charge in [-0.05, 0) is 20.8 Å². The van der Waals surface area contributed by atoms with Crippen molar-refractivity contribution in [3.63, 3.8) is 0 Å². The van der Waals surface area contributed by atoms with Gasteiger partial charge in [-0.15, -0.1) is 0 Å². The van der Waals surface area contributed by atoms with Gasteiger partial charge in [0, 0.05) is 6.54 Å². The Morgan fingerprint density at radius 1 is 1.60 bits per heavy atom. The molecule has 0 spiro atoms. The number of nitrogen functional groups attached to an aromatic ring is 1. The van der Waals surface area contributed by atoms with Gasteiger partial charge < -0.3 is 10.6 Å². The Balaban J connectivity index is 3.16. The van der Waals surface area contributed by atoms with Crippen molar-refractivity contribution in [1.82, 2.24) is 4.68 Å². The van der Waals surface area contributed by atoms with Crippen LogP contribution in [-0.2, 0) is 4.74 Å². The molecule has 0 aromatic carbocycles. The lowest BCUT2D eigenvalue weighted by Crippen LogP contribution is -2.24. The van der Waals surface area contributed by atoms with Gasteiger partial charge in [0.2, 0.25) is 4.80 Å². The minimum Gasteiger partial charge on any atom is -0.462 e. The molecular weight excluding hydrogens is 214 g/mol. The third kappa shape index (κ3) is 2.38. The van der Waals surface area contributed by atoms with Crippen molar-refractivity contribution in [1.29, 1.82) is 0 Å². The number of rotatable bonds is 3. The summed E-state index contributed by atoms with van der Waals surface area (Å²) in [5.41, 5.74) is 0.686. The molecule has 0 saturated carbocycles. The average Bonchev–Trinajstić information content (AvgIpc) is 2.47. The molecule has 0 fully saturated rings. The SMILES string of the molecule is CCN=c1sc(C(=O)OCC)c(C)n1N. The third-order valence-corrected chi connectivity index (χ3v) is 3.02. The summed E-state index contributed by atoms with van der Waals surface area (Å²) >= 11 is 1.26. The maximum Gasteiger partial charge on any atom is 0.350 e. The second-order valence-corrected chi connectivity index (χ2v) is 3.84. The van der Waals surface area contributed by atoms with Crippen molar-refractivity contribution >= 4 is 17.3 Å². The molecule has 1 aromatic rings. The standard InChI is InChI=1S/C9H15N3O2S/c1-4-11-9-12(10)6(3)7(15-9)8(13)14-5-2/h4-5,10H2,1-3H3. The summed E-state index contributed by atoms with van der Waals surface area (Å²) in [5, 5.41) is 0. The quantitative estimate of drug-likeness (QED) is 0.611. The molecule has 6 heteroatoms. The summed E-state index contributed by atoms with van der Waals surface area (Å²) < 4.78 is 6.33. The van der Waals surface area contributed by atoms with E-state index >= 15 is 0 Å². The van der Waals surface area contributed by atoms with Crippen LogP contribution in [0.2, 0.25) is 0 Å². The van der Waals surface area contributed by atoms with Crippen LogP contribution in [0.25, 0.3) is 0 Å². The zero-order valence-electron chi connectivity index (χ0n) is 9.11. The second-order valence-electron chi connectivity index (χ2n) is 2.86. The molecule has 0 aliphatic heterocycles. The van der Waals surface area contributed by atoms with Crippen molar-refractivity contribution in [2.45, 2.75) is 20.8 Å². The number of aromatic nitrogens is 1. The number of thiazole rings is 1. The molecule has 0 atom stereocenters. The summed E-state index contributed by atoms with van der Waals surface area (Å²) in [6.07, 6.45) is 0. The fourth-order valence-corrected chi connectivity index (χ4v) is 2.10. The molecule has 0 radical (unpaired) electrons. The molecule has 1 heterocycles. The molecule has 1 rings (SSSR count). The largest absolute Gasteiger partial charge is 0.462 e. The lowest BCUT2D eigenvalue weighted by Gasteiger charge is -1.99. The highest BCUT2D eigenvalue weighted by atomic mass is 32.1. The summed E-state index contributed by atoms with van der Waals surface area (Å²) in [5.74, 6) is 5.41. The van der Waals surface area contributed by atoms with Crippen LogP contribution in [0.4, 0.5) is 0 Å². The van der Waals surface area contributed by atoms with Crippen LogP contribution in [-0.4, -0.2) is 23.8 Å². The van der Waals surface area contributed by atoms with E-state index in [0.717, 1.165) is 0 Å². The predicted octanol–water partition coefficient (Wildman–Crippen LogP) is 0.669. The van der Waals surface area contributed by atoms with Crippen LogP contribution in [0.15, 0.2) is 4.99 Å². The molecule has 0 aliphatic rings. The minimum absolute atomic E-state index is 0.336. The third-order valence-electron chi connectivity index (χ3n) is 1.84. The van der Waals surface area contributed by atoms with E-state index in [1.165, 1.54) is 16.0 Å². The van der Waals surface area contributed by atoms with Crippen molar-refractivity contribution in [2.75, 3.05) is 19.0 Å². The number of hydrogen-bond donors (Lipinski definition) is 1. The number of esters is 1. The first-order valence-electron chi connectivity index (χ1n) is 4.76. The summed E-state index contributed by atoms with van der Waals surface area (Å²) in [4.78, 5) is 16.8. The lowest BCUT2D eigenvalue weighted by atomic mass is 10.4. The Labute approximate surface area is 92.2 Å². The van der Waals surface area contributed by atoms with Crippen molar-refractivity contribution in [3.05, 3.63) is 15.4 Å². The molecule has 1 aromatic heterocycles. The van der Waals surface area contributed by atoms with E-state index < -0.39 is 0 Å². The first-order valence-corrected chi connectivity index (χ1v) is 5.58. The number of nitrogens with two attached hydrogens (primary N) is 1. The summed E-state index contributed by atoms with van der Waals surface area (Å²) in [6, 6.07) is 0. The molecule has 0 bridgehead atoms. The Morgan fingerprint density at radius 2 is 2.27 bits per heavy atom. The molecule has 5 nitrogen and oxygen atoms in total. The van der Waals surface area contributed by atoms with Crippen LogP contribution < -0.4 is 10.6 Å². The van der Waals surface area contributed by atoms with E-state index in [2.05, 4.69) is 4.99 Å². The minimum atomic E-state index is -0.336. The fraction of sp³-hybridized carbons (Fsp3) is 0.556. The molecule has 0 saturated heterocycles. The molecule has 0 aliphatic carbocycles. The van der Waals surface area contributed by atoms with Gasteiger partial charge >= 0.3 is 5.97 Å². The van der Waals surface area contributed by atoms with Gasteiger partial charge in [-0.3, -0.25) is 4.99 Å². The number of ether oxygens (including phenoxy) is 1. The van der Waals surface area contributed by atoms with Crippen LogP contribution in [0.5, 0.6) is 0 Å². The number of carbonyl (C=O) groups is 1. The van der Waals surface area contributed by atoms with E-state index in [-0.39, 0.29) is 5.97 Å². The normalized spacial score (nSPS) is 11.8. The van der Waals surface area contributed by atoms with Crippen LogP contribution in [0.3, 0.4) is 0 Å². The number of hydrogen-bond acceptors (Lipinski definition) is 5. The zero-order chi connectivity index (χ0) is 11.4.